The van der Waals surface area contributed by atoms with Gasteiger partial charge in [0.15, 0.2) is 0 Å². The van der Waals surface area contributed by atoms with Crippen LogP contribution < -0.4 is 0 Å². The maximum absolute atomic E-state index is 10.9. The number of piperidine rings is 1. The average molecular weight is 261 g/mol. The zero-order valence-corrected chi connectivity index (χ0v) is 11.6. The maximum atomic E-state index is 10.9. The first-order valence-corrected chi connectivity index (χ1v) is 7.89. The van der Waals surface area contributed by atoms with Crippen LogP contribution in [0, 0.1) is 0 Å². The Balaban J connectivity index is 1.93. The van der Waals surface area contributed by atoms with Crippen LogP contribution in [0.2, 0.25) is 0 Å². The number of carbonyl (C=O) groups is 1. The van der Waals surface area contributed by atoms with Crippen LogP contribution in [0.15, 0.2) is 24.3 Å². The molecule has 0 bridgehead atoms. The lowest BCUT2D eigenvalue weighted by Crippen LogP contribution is -2.40. The Bertz CT molecular complexity index is 452. The molecule has 1 atom stereocenters. The molecular formula is C15H19NOS. The van der Waals surface area contributed by atoms with E-state index in [1.165, 1.54) is 12.0 Å². The Labute approximate surface area is 113 Å². The van der Waals surface area contributed by atoms with Gasteiger partial charge in [-0.15, -0.1) is 0 Å². The number of benzene rings is 1. The van der Waals surface area contributed by atoms with Gasteiger partial charge in [0.25, 0.3) is 0 Å². The van der Waals surface area contributed by atoms with Crippen LogP contribution in [0.5, 0.6) is 0 Å². The molecule has 1 aromatic carbocycles. The van der Waals surface area contributed by atoms with Gasteiger partial charge in [-0.2, -0.15) is 11.8 Å². The molecule has 96 valence electrons. The van der Waals surface area contributed by atoms with Crippen molar-refractivity contribution >= 4 is 18.2 Å². The third kappa shape index (κ3) is 1.76. The lowest BCUT2D eigenvalue weighted by atomic mass is 9.74. The molecule has 0 radical (unpaired) electrons. The van der Waals surface area contributed by atoms with Crippen molar-refractivity contribution in [2.75, 3.05) is 19.3 Å². The summed E-state index contributed by atoms with van der Waals surface area (Å²) in [6, 6.07) is 8.91. The van der Waals surface area contributed by atoms with Crippen LogP contribution in [0.4, 0.5) is 0 Å². The van der Waals surface area contributed by atoms with Crippen LogP contribution in [0.3, 0.4) is 0 Å². The zero-order valence-electron chi connectivity index (χ0n) is 10.8. The summed E-state index contributed by atoms with van der Waals surface area (Å²) in [5.74, 6) is 0. The van der Waals surface area contributed by atoms with Crippen LogP contribution >= 0.6 is 11.8 Å². The Morgan fingerprint density at radius 1 is 1.33 bits per heavy atom. The first-order valence-electron chi connectivity index (χ1n) is 6.61. The number of hydrogen-bond donors (Lipinski definition) is 0. The minimum absolute atomic E-state index is 0.337. The molecule has 1 aromatic rings. The highest BCUT2D eigenvalue weighted by molar-refractivity contribution is 7.98. The maximum Gasteiger partial charge on any atom is 0.209 e. The van der Waals surface area contributed by atoms with Crippen LogP contribution in [-0.4, -0.2) is 30.7 Å². The summed E-state index contributed by atoms with van der Waals surface area (Å²) in [5.41, 5.74) is 3.42. The first kappa shape index (κ1) is 12.1. The molecule has 0 aromatic heterocycles. The van der Waals surface area contributed by atoms with Crippen molar-refractivity contribution in [3.8, 4) is 0 Å². The number of amides is 1. The normalized spacial score (nSPS) is 25.2. The second-order valence-corrected chi connectivity index (χ2v) is 6.48. The second kappa shape index (κ2) is 4.61. The van der Waals surface area contributed by atoms with Crippen molar-refractivity contribution in [1.29, 1.82) is 0 Å². The Kier molecular flexibility index (Phi) is 3.10. The molecule has 1 aliphatic heterocycles. The summed E-state index contributed by atoms with van der Waals surface area (Å²) in [4.78, 5) is 12.8. The van der Waals surface area contributed by atoms with Crippen molar-refractivity contribution in [2.45, 2.75) is 29.9 Å². The van der Waals surface area contributed by atoms with Crippen molar-refractivity contribution in [1.82, 2.24) is 4.90 Å². The number of fused-ring (bicyclic) bond motifs is 2. The minimum atomic E-state index is 0.337. The van der Waals surface area contributed by atoms with Crippen LogP contribution in [0.1, 0.15) is 35.6 Å². The lowest BCUT2D eigenvalue weighted by molar-refractivity contribution is -0.119. The van der Waals surface area contributed by atoms with Crippen molar-refractivity contribution < 1.29 is 4.79 Å². The molecule has 1 fully saturated rings. The SMILES string of the molecule is CSC1CC2(CCN(C=O)CC2)c2ccccc21. The van der Waals surface area contributed by atoms with E-state index in [0.29, 0.717) is 10.7 Å². The predicted molar refractivity (Wildman–Crippen MR) is 75.9 cm³/mol. The fraction of sp³-hybridized carbons (Fsp3) is 0.533. The summed E-state index contributed by atoms with van der Waals surface area (Å²) in [7, 11) is 0. The average Bonchev–Trinajstić information content (AvgIpc) is 2.75. The van der Waals surface area contributed by atoms with E-state index < -0.39 is 0 Å². The van der Waals surface area contributed by atoms with E-state index in [0.717, 1.165) is 32.3 Å². The molecule has 3 heteroatoms. The van der Waals surface area contributed by atoms with Gasteiger partial charge in [0.1, 0.15) is 0 Å². The molecule has 1 spiro atoms. The number of thioether (sulfide) groups is 1. The van der Waals surface area contributed by atoms with E-state index in [1.54, 1.807) is 5.56 Å². The van der Waals surface area contributed by atoms with Crippen molar-refractivity contribution in [2.24, 2.45) is 0 Å². The quantitative estimate of drug-likeness (QED) is 0.763. The second-order valence-electron chi connectivity index (χ2n) is 5.44. The predicted octanol–water partition coefficient (Wildman–Crippen LogP) is 2.98. The van der Waals surface area contributed by atoms with Gasteiger partial charge in [-0.25, -0.2) is 0 Å². The Morgan fingerprint density at radius 3 is 2.72 bits per heavy atom. The first-order chi connectivity index (χ1) is 8.79. The topological polar surface area (TPSA) is 20.3 Å². The van der Waals surface area contributed by atoms with E-state index in [1.807, 2.05) is 16.7 Å². The minimum Gasteiger partial charge on any atom is -0.345 e. The van der Waals surface area contributed by atoms with Crippen molar-refractivity contribution in [3.63, 3.8) is 0 Å². The molecule has 0 N–H and O–H groups in total. The third-order valence-electron chi connectivity index (χ3n) is 4.64. The molecule has 18 heavy (non-hydrogen) atoms. The summed E-state index contributed by atoms with van der Waals surface area (Å²) in [5, 5.41) is 0.643. The van der Waals surface area contributed by atoms with Gasteiger partial charge in [0.05, 0.1) is 0 Å². The number of rotatable bonds is 2. The highest BCUT2D eigenvalue weighted by atomic mass is 32.2. The van der Waals surface area contributed by atoms with Crippen LogP contribution in [-0.2, 0) is 10.2 Å². The molecule has 1 aliphatic carbocycles. The molecule has 2 aliphatic rings. The molecule has 3 rings (SSSR count). The molecule has 2 nitrogen and oxygen atoms in total. The Morgan fingerprint density at radius 2 is 2.06 bits per heavy atom. The number of hydrogen-bond acceptors (Lipinski definition) is 2. The summed E-state index contributed by atoms with van der Waals surface area (Å²) >= 11 is 1.97. The van der Waals surface area contributed by atoms with Gasteiger partial charge in [-0.1, -0.05) is 24.3 Å². The lowest BCUT2D eigenvalue weighted by Gasteiger charge is -2.39. The highest BCUT2D eigenvalue weighted by Gasteiger charge is 2.44. The van der Waals surface area contributed by atoms with Gasteiger partial charge in [0.2, 0.25) is 6.41 Å². The largest absolute Gasteiger partial charge is 0.345 e. The van der Waals surface area contributed by atoms with E-state index in [9.17, 15) is 4.79 Å². The van der Waals surface area contributed by atoms with Gasteiger partial charge in [-0.05, 0) is 36.6 Å². The molecular weight excluding hydrogens is 242 g/mol. The molecule has 1 heterocycles. The number of nitrogens with zero attached hydrogens (tertiary/aromatic N) is 1. The summed E-state index contributed by atoms with van der Waals surface area (Å²) < 4.78 is 0. The molecule has 1 unspecified atom stereocenters. The van der Waals surface area contributed by atoms with Gasteiger partial charge >= 0.3 is 0 Å². The van der Waals surface area contributed by atoms with Gasteiger partial charge in [-0.3, -0.25) is 4.79 Å². The van der Waals surface area contributed by atoms with E-state index in [2.05, 4.69) is 30.5 Å². The molecule has 1 saturated heterocycles. The molecule has 0 saturated carbocycles. The highest BCUT2D eigenvalue weighted by Crippen LogP contribution is 2.54. The number of carbonyl (C=O) groups excluding carboxylic acids is 1. The summed E-state index contributed by atoms with van der Waals surface area (Å²) in [6.45, 7) is 1.83. The monoisotopic (exact) mass is 261 g/mol. The number of likely N-dealkylation sites (tertiary alicyclic amines) is 1. The van der Waals surface area contributed by atoms with Gasteiger partial charge in [0, 0.05) is 23.8 Å². The fourth-order valence-electron chi connectivity index (χ4n) is 3.58. The van der Waals surface area contributed by atoms with E-state index in [-0.39, 0.29) is 0 Å². The smallest absolute Gasteiger partial charge is 0.209 e. The van der Waals surface area contributed by atoms with E-state index in [4.69, 9.17) is 0 Å². The van der Waals surface area contributed by atoms with Gasteiger partial charge < -0.3 is 4.90 Å². The van der Waals surface area contributed by atoms with Crippen LogP contribution in [0.25, 0.3) is 0 Å². The van der Waals surface area contributed by atoms with E-state index >= 15 is 0 Å². The fourth-order valence-corrected chi connectivity index (χ4v) is 4.52. The third-order valence-corrected chi connectivity index (χ3v) is 5.63. The zero-order chi connectivity index (χ0) is 12.6. The van der Waals surface area contributed by atoms with Crippen molar-refractivity contribution in [3.05, 3.63) is 35.4 Å². The summed E-state index contributed by atoms with van der Waals surface area (Å²) in [6.07, 6.45) is 6.71. The Hall–Kier alpha value is -0.960. The molecule has 1 amide bonds. The standard InChI is InChI=1S/C15H19NOS/c1-18-14-10-15(6-8-16(11-17)9-7-15)13-5-3-2-4-12(13)14/h2-5,11,14H,6-10H2,1H3.